The first-order chi connectivity index (χ1) is 7.01. The van der Waals surface area contributed by atoms with Crippen LogP contribution in [0.1, 0.15) is 24.5 Å². The van der Waals surface area contributed by atoms with Gasteiger partial charge >= 0.3 is 10.1 Å². The van der Waals surface area contributed by atoms with E-state index in [2.05, 4.69) is 9.44 Å². The zero-order valence-corrected chi connectivity index (χ0v) is 11.6. The van der Waals surface area contributed by atoms with E-state index >= 15 is 0 Å². The number of benzene rings is 1. The van der Waals surface area contributed by atoms with Crippen molar-refractivity contribution < 1.29 is 10.9 Å². The van der Waals surface area contributed by atoms with Gasteiger partial charge in [-0.25, -0.2) is 0 Å². The molecule has 0 atom stereocenters. The van der Waals surface area contributed by atoms with Crippen LogP contribution in [-0.2, 0) is 19.1 Å². The van der Waals surface area contributed by atoms with Gasteiger partial charge in [0.15, 0.2) is 0 Å². The molecule has 0 radical (unpaired) electrons. The van der Waals surface area contributed by atoms with Gasteiger partial charge in [-0.15, -0.1) is 0 Å². The first kappa shape index (κ1) is 12.9. The van der Waals surface area contributed by atoms with E-state index in [4.69, 9.17) is 0 Å². The second-order valence-corrected chi connectivity index (χ2v) is 5.94. The third-order valence-corrected chi connectivity index (χ3v) is 4.62. The zero-order chi connectivity index (χ0) is 11.5. The molecule has 0 N–H and O–H groups in total. The number of aryl methyl sites for hydroxylation is 2. The molecular weight excluding hydrogens is 327 g/mol. The van der Waals surface area contributed by atoms with Crippen molar-refractivity contribution in [3.8, 4) is 0 Å². The van der Waals surface area contributed by atoms with Gasteiger partial charge < -0.3 is 0 Å². The third-order valence-electron chi connectivity index (χ3n) is 2.21. The lowest BCUT2D eigenvalue weighted by molar-refractivity contribution is 0.536. The van der Waals surface area contributed by atoms with Crippen molar-refractivity contribution in [3.05, 3.63) is 29.3 Å². The number of rotatable bonds is 4. The van der Waals surface area contributed by atoms with Crippen LogP contribution in [0.3, 0.4) is 0 Å². The fourth-order valence-corrected chi connectivity index (χ4v) is 2.66. The van der Waals surface area contributed by atoms with E-state index in [0.717, 1.165) is 18.4 Å². The summed E-state index contributed by atoms with van der Waals surface area (Å²) >= 11 is 1.38. The Labute approximate surface area is 105 Å². The van der Waals surface area contributed by atoms with Crippen molar-refractivity contribution >= 4 is 33.1 Å². The fraction of sp³-hybridized carbons (Fsp3) is 0.400. The summed E-state index contributed by atoms with van der Waals surface area (Å²) < 4.78 is 27.2. The summed E-state index contributed by atoms with van der Waals surface area (Å²) in [5.74, 6) is 0. The summed E-state index contributed by atoms with van der Waals surface area (Å²) in [4.78, 5) is 0.217. The van der Waals surface area contributed by atoms with Crippen LogP contribution < -0.4 is 0 Å². The Morgan fingerprint density at radius 1 is 1.40 bits per heavy atom. The Hall–Kier alpha value is -0.140. The van der Waals surface area contributed by atoms with Crippen LogP contribution in [-0.4, -0.2) is 8.42 Å². The molecule has 0 aliphatic rings. The molecule has 15 heavy (non-hydrogen) atoms. The topological polar surface area (TPSA) is 43.4 Å². The number of halogens is 1. The second-order valence-electron chi connectivity index (χ2n) is 3.36. The molecule has 1 aromatic carbocycles. The van der Waals surface area contributed by atoms with Crippen LogP contribution in [0.15, 0.2) is 23.1 Å². The second kappa shape index (κ2) is 5.27. The minimum Gasteiger partial charge on any atom is -0.195 e. The van der Waals surface area contributed by atoms with E-state index in [0.29, 0.717) is 0 Å². The summed E-state index contributed by atoms with van der Waals surface area (Å²) in [6.45, 7) is 4.01. The number of hydrogen-bond acceptors (Lipinski definition) is 3. The van der Waals surface area contributed by atoms with Gasteiger partial charge in [0.25, 0.3) is 0 Å². The monoisotopic (exact) mass is 340 g/mol. The standard InChI is InChI=1S/C10H13IO3S/c1-3-4-9-5-6-10(7-8(9)2)15(12,13)14-11/h5-7H,3-4H2,1-2H3. The van der Waals surface area contributed by atoms with Gasteiger partial charge in [0.05, 0.1) is 4.90 Å². The van der Waals surface area contributed by atoms with Gasteiger partial charge in [0, 0.05) is 0 Å². The van der Waals surface area contributed by atoms with Gasteiger partial charge in [-0.1, -0.05) is 19.4 Å². The summed E-state index contributed by atoms with van der Waals surface area (Å²) in [5.41, 5.74) is 2.18. The highest BCUT2D eigenvalue weighted by atomic mass is 127. The van der Waals surface area contributed by atoms with E-state index < -0.39 is 10.1 Å². The van der Waals surface area contributed by atoms with E-state index in [1.54, 1.807) is 12.1 Å². The molecule has 84 valence electrons. The Balaban J connectivity index is 3.12. The molecule has 0 aliphatic heterocycles. The van der Waals surface area contributed by atoms with E-state index in [-0.39, 0.29) is 4.90 Å². The van der Waals surface area contributed by atoms with Crippen LogP contribution in [0.4, 0.5) is 0 Å². The minimum absolute atomic E-state index is 0.217. The van der Waals surface area contributed by atoms with Crippen LogP contribution in [0.25, 0.3) is 0 Å². The maximum Gasteiger partial charge on any atom is 0.306 e. The molecule has 5 heteroatoms. The van der Waals surface area contributed by atoms with Gasteiger partial charge in [0.2, 0.25) is 0 Å². The molecule has 3 nitrogen and oxygen atoms in total. The van der Waals surface area contributed by atoms with Crippen LogP contribution in [0, 0.1) is 6.92 Å². The summed E-state index contributed by atoms with van der Waals surface area (Å²) in [5, 5.41) is 0. The molecular formula is C10H13IO3S. The average molecular weight is 340 g/mol. The Kier molecular flexibility index (Phi) is 4.54. The smallest absolute Gasteiger partial charge is 0.195 e. The van der Waals surface area contributed by atoms with E-state index in [1.807, 2.05) is 13.0 Å². The fourth-order valence-electron chi connectivity index (χ4n) is 1.41. The first-order valence-corrected chi connectivity index (χ1v) is 6.95. The first-order valence-electron chi connectivity index (χ1n) is 4.66. The molecule has 0 fully saturated rings. The predicted octanol–water partition coefficient (Wildman–Crippen LogP) is 3.00. The summed E-state index contributed by atoms with van der Waals surface area (Å²) in [6, 6.07) is 5.09. The zero-order valence-electron chi connectivity index (χ0n) is 8.66. The summed E-state index contributed by atoms with van der Waals surface area (Å²) in [7, 11) is -3.57. The van der Waals surface area contributed by atoms with E-state index in [1.165, 1.54) is 28.6 Å². The predicted molar refractivity (Wildman–Crippen MR) is 67.5 cm³/mol. The highest BCUT2D eigenvalue weighted by Gasteiger charge is 2.14. The molecule has 0 unspecified atom stereocenters. The molecule has 0 saturated heterocycles. The lowest BCUT2D eigenvalue weighted by atomic mass is 10.1. The lowest BCUT2D eigenvalue weighted by Gasteiger charge is -2.06. The summed E-state index contributed by atoms with van der Waals surface area (Å²) in [6.07, 6.45) is 2.02. The van der Waals surface area contributed by atoms with Crippen molar-refractivity contribution in [2.45, 2.75) is 31.6 Å². The molecule has 0 bridgehead atoms. The quantitative estimate of drug-likeness (QED) is 0.792. The molecule has 0 spiro atoms. The largest absolute Gasteiger partial charge is 0.306 e. The van der Waals surface area contributed by atoms with Crippen molar-refractivity contribution in [3.63, 3.8) is 0 Å². The highest BCUT2D eigenvalue weighted by molar-refractivity contribution is 14.1. The van der Waals surface area contributed by atoms with Gasteiger partial charge in [-0.05, 0) is 36.6 Å². The molecule has 0 saturated carbocycles. The maximum atomic E-state index is 11.4. The molecule has 1 aromatic rings. The van der Waals surface area contributed by atoms with Crippen LogP contribution in [0.5, 0.6) is 0 Å². The molecule has 1 rings (SSSR count). The van der Waals surface area contributed by atoms with Crippen molar-refractivity contribution in [2.24, 2.45) is 0 Å². The SMILES string of the molecule is CCCc1ccc(S(=O)(=O)OI)cc1C. The molecule has 0 amide bonds. The van der Waals surface area contributed by atoms with E-state index in [9.17, 15) is 8.42 Å². The highest BCUT2D eigenvalue weighted by Crippen LogP contribution is 2.19. The third kappa shape index (κ3) is 3.15. The van der Waals surface area contributed by atoms with Gasteiger partial charge in [0.1, 0.15) is 23.0 Å². The average Bonchev–Trinajstić information content (AvgIpc) is 2.21. The van der Waals surface area contributed by atoms with Gasteiger partial charge in [-0.3, -0.25) is 0 Å². The molecule has 0 heterocycles. The van der Waals surface area contributed by atoms with Crippen LogP contribution >= 0.6 is 23.0 Å². The lowest BCUT2D eigenvalue weighted by Crippen LogP contribution is -2.01. The van der Waals surface area contributed by atoms with Crippen LogP contribution in [0.2, 0.25) is 0 Å². The molecule has 0 aromatic heterocycles. The maximum absolute atomic E-state index is 11.4. The normalized spacial score (nSPS) is 11.7. The Morgan fingerprint density at radius 3 is 2.53 bits per heavy atom. The minimum atomic E-state index is -3.57. The molecule has 0 aliphatic carbocycles. The van der Waals surface area contributed by atoms with Crippen molar-refractivity contribution in [1.82, 2.24) is 0 Å². The Morgan fingerprint density at radius 2 is 2.07 bits per heavy atom. The van der Waals surface area contributed by atoms with Crippen molar-refractivity contribution in [1.29, 1.82) is 0 Å². The van der Waals surface area contributed by atoms with Crippen molar-refractivity contribution in [2.75, 3.05) is 0 Å². The Bertz CT molecular complexity index is 440. The van der Waals surface area contributed by atoms with Gasteiger partial charge in [-0.2, -0.15) is 10.9 Å². The number of hydrogen-bond donors (Lipinski definition) is 0.